The molecule has 0 saturated carbocycles. The van der Waals surface area contributed by atoms with Gasteiger partial charge in [-0.15, -0.1) is 0 Å². The third-order valence-electron chi connectivity index (χ3n) is 5.13. The van der Waals surface area contributed by atoms with Crippen LogP contribution in [0.4, 0.5) is 0 Å². The van der Waals surface area contributed by atoms with Crippen molar-refractivity contribution in [2.45, 2.75) is 38.5 Å². The number of piperidine rings is 1. The summed E-state index contributed by atoms with van der Waals surface area (Å²) in [6.07, 6.45) is 3.39. The van der Waals surface area contributed by atoms with E-state index in [4.69, 9.17) is 10.4 Å². The lowest BCUT2D eigenvalue weighted by Crippen LogP contribution is -2.42. The van der Waals surface area contributed by atoms with Gasteiger partial charge in [-0.05, 0) is 67.7 Å². The molecule has 0 unspecified atom stereocenters. The van der Waals surface area contributed by atoms with Crippen molar-refractivity contribution >= 4 is 0 Å². The fourth-order valence-corrected chi connectivity index (χ4v) is 3.47. The van der Waals surface area contributed by atoms with Gasteiger partial charge in [0.2, 0.25) is 0 Å². The van der Waals surface area contributed by atoms with Gasteiger partial charge in [-0.25, -0.2) is 0 Å². The number of hydrogen-bond donors (Lipinski definition) is 2. The molecule has 0 atom stereocenters. The molecular formula is C22H27N3O. The van der Waals surface area contributed by atoms with E-state index in [0.717, 1.165) is 43.7 Å². The summed E-state index contributed by atoms with van der Waals surface area (Å²) < 4.78 is 0. The monoisotopic (exact) mass is 349 g/mol. The van der Waals surface area contributed by atoms with Gasteiger partial charge in [0.15, 0.2) is 0 Å². The maximum atomic E-state index is 9.08. The van der Waals surface area contributed by atoms with Crippen molar-refractivity contribution in [1.82, 2.24) is 10.2 Å². The second-order valence-electron chi connectivity index (χ2n) is 7.04. The maximum Gasteiger partial charge on any atom is 0.0991 e. The molecule has 2 aromatic rings. The van der Waals surface area contributed by atoms with Gasteiger partial charge in [-0.2, -0.15) is 5.26 Å². The number of rotatable bonds is 7. The summed E-state index contributed by atoms with van der Waals surface area (Å²) in [6, 6.07) is 18.9. The highest BCUT2D eigenvalue weighted by atomic mass is 16.3. The lowest BCUT2D eigenvalue weighted by Gasteiger charge is -2.32. The minimum atomic E-state index is 0.111. The Morgan fingerprint density at radius 3 is 2.19 bits per heavy atom. The Kier molecular flexibility index (Phi) is 6.79. The average Bonchev–Trinajstić information content (AvgIpc) is 2.70. The zero-order valence-corrected chi connectivity index (χ0v) is 15.2. The molecule has 4 heteroatoms. The zero-order valence-electron chi connectivity index (χ0n) is 15.2. The Morgan fingerprint density at radius 1 is 0.962 bits per heavy atom. The Hall–Kier alpha value is -2.19. The first-order valence-electron chi connectivity index (χ1n) is 9.40. The van der Waals surface area contributed by atoms with Crippen LogP contribution >= 0.6 is 0 Å². The van der Waals surface area contributed by atoms with Crippen molar-refractivity contribution < 1.29 is 5.11 Å². The van der Waals surface area contributed by atoms with Crippen LogP contribution in [0.2, 0.25) is 0 Å². The predicted molar refractivity (Wildman–Crippen MR) is 104 cm³/mol. The molecule has 0 radical (unpaired) electrons. The van der Waals surface area contributed by atoms with E-state index < -0.39 is 0 Å². The van der Waals surface area contributed by atoms with Crippen molar-refractivity contribution in [2.24, 2.45) is 0 Å². The van der Waals surface area contributed by atoms with E-state index in [0.29, 0.717) is 6.04 Å². The van der Waals surface area contributed by atoms with Crippen molar-refractivity contribution in [3.8, 4) is 6.07 Å². The van der Waals surface area contributed by atoms with E-state index in [1.54, 1.807) is 0 Å². The molecule has 0 spiro atoms. The Balaban J connectivity index is 1.36. The molecule has 2 N–H and O–H groups in total. The number of aliphatic hydroxyl groups is 1. The van der Waals surface area contributed by atoms with Crippen LogP contribution < -0.4 is 5.32 Å². The molecular weight excluding hydrogens is 322 g/mol. The number of hydrogen-bond acceptors (Lipinski definition) is 4. The van der Waals surface area contributed by atoms with Crippen LogP contribution in [0.25, 0.3) is 0 Å². The number of benzene rings is 2. The van der Waals surface area contributed by atoms with Gasteiger partial charge in [0.25, 0.3) is 0 Å². The van der Waals surface area contributed by atoms with E-state index >= 15 is 0 Å². The van der Waals surface area contributed by atoms with Gasteiger partial charge in [0.05, 0.1) is 18.2 Å². The molecule has 0 bridgehead atoms. The largest absolute Gasteiger partial charge is 0.392 e. The van der Waals surface area contributed by atoms with Gasteiger partial charge >= 0.3 is 0 Å². The first-order valence-corrected chi connectivity index (χ1v) is 9.40. The molecule has 26 heavy (non-hydrogen) atoms. The lowest BCUT2D eigenvalue weighted by molar-refractivity contribution is 0.191. The number of likely N-dealkylation sites (tertiary alicyclic amines) is 1. The first-order chi connectivity index (χ1) is 12.8. The minimum Gasteiger partial charge on any atom is -0.392 e. The Bertz CT molecular complexity index is 711. The van der Waals surface area contributed by atoms with Crippen molar-refractivity contribution in [3.63, 3.8) is 0 Å². The van der Waals surface area contributed by atoms with E-state index in [1.165, 1.54) is 24.0 Å². The summed E-state index contributed by atoms with van der Waals surface area (Å²) in [5.74, 6) is 0. The normalized spacial score (nSPS) is 15.7. The standard InChI is InChI=1S/C22H27N3O/c23-15-19-3-5-20(6-4-19)16-25-13-10-22(11-14-25)24-12-9-18-1-7-21(17-26)8-2-18/h1-8,22,24,26H,9-14,16-17H2. The highest BCUT2D eigenvalue weighted by molar-refractivity contribution is 5.31. The molecule has 136 valence electrons. The number of nitrogens with one attached hydrogen (secondary N) is 1. The average molecular weight is 349 g/mol. The minimum absolute atomic E-state index is 0.111. The molecule has 1 aliphatic heterocycles. The van der Waals surface area contributed by atoms with Gasteiger partial charge < -0.3 is 10.4 Å². The third kappa shape index (κ3) is 5.40. The molecule has 1 aliphatic rings. The summed E-state index contributed by atoms with van der Waals surface area (Å²) in [5.41, 5.74) is 4.29. The quantitative estimate of drug-likeness (QED) is 0.807. The second-order valence-corrected chi connectivity index (χ2v) is 7.04. The van der Waals surface area contributed by atoms with Crippen LogP contribution in [-0.2, 0) is 19.6 Å². The zero-order chi connectivity index (χ0) is 18.2. The van der Waals surface area contributed by atoms with Crippen molar-refractivity contribution in [2.75, 3.05) is 19.6 Å². The molecule has 1 saturated heterocycles. The summed E-state index contributed by atoms with van der Waals surface area (Å²) in [4.78, 5) is 2.49. The Morgan fingerprint density at radius 2 is 1.58 bits per heavy atom. The fourth-order valence-electron chi connectivity index (χ4n) is 3.47. The summed E-state index contributed by atoms with van der Waals surface area (Å²) >= 11 is 0. The van der Waals surface area contributed by atoms with E-state index in [2.05, 4.69) is 40.6 Å². The van der Waals surface area contributed by atoms with Crippen molar-refractivity contribution in [3.05, 3.63) is 70.8 Å². The van der Waals surface area contributed by atoms with Crippen LogP contribution in [-0.4, -0.2) is 35.7 Å². The summed E-state index contributed by atoms with van der Waals surface area (Å²) in [5, 5.41) is 21.6. The SMILES string of the molecule is N#Cc1ccc(CN2CCC(NCCc3ccc(CO)cc3)CC2)cc1. The number of aliphatic hydroxyl groups excluding tert-OH is 1. The molecule has 4 nitrogen and oxygen atoms in total. The van der Waals surface area contributed by atoms with Gasteiger partial charge in [-0.1, -0.05) is 36.4 Å². The molecule has 3 rings (SSSR count). The first kappa shape index (κ1) is 18.6. The molecule has 2 aromatic carbocycles. The molecule has 0 aromatic heterocycles. The van der Waals surface area contributed by atoms with E-state index in [-0.39, 0.29) is 6.61 Å². The summed E-state index contributed by atoms with van der Waals surface area (Å²) in [7, 11) is 0. The summed E-state index contributed by atoms with van der Waals surface area (Å²) in [6.45, 7) is 4.31. The fraction of sp³-hybridized carbons (Fsp3) is 0.409. The lowest BCUT2D eigenvalue weighted by atomic mass is 10.0. The topological polar surface area (TPSA) is 59.3 Å². The number of nitriles is 1. The van der Waals surface area contributed by atoms with Crippen LogP contribution in [0.3, 0.4) is 0 Å². The van der Waals surface area contributed by atoms with Crippen LogP contribution in [0.5, 0.6) is 0 Å². The van der Waals surface area contributed by atoms with Crippen molar-refractivity contribution in [1.29, 1.82) is 5.26 Å². The molecule has 1 fully saturated rings. The van der Waals surface area contributed by atoms with Gasteiger partial charge in [-0.3, -0.25) is 4.90 Å². The Labute approximate surface area is 156 Å². The number of nitrogens with zero attached hydrogens (tertiary/aromatic N) is 2. The molecule has 0 aliphatic carbocycles. The van der Waals surface area contributed by atoms with Gasteiger partial charge in [0.1, 0.15) is 0 Å². The highest BCUT2D eigenvalue weighted by Gasteiger charge is 2.18. The van der Waals surface area contributed by atoms with Crippen LogP contribution in [0, 0.1) is 11.3 Å². The third-order valence-corrected chi connectivity index (χ3v) is 5.13. The van der Waals surface area contributed by atoms with Gasteiger partial charge in [0, 0.05) is 12.6 Å². The molecule has 0 amide bonds. The molecule has 1 heterocycles. The van der Waals surface area contributed by atoms with Crippen LogP contribution in [0.15, 0.2) is 48.5 Å². The van der Waals surface area contributed by atoms with E-state index in [9.17, 15) is 0 Å². The second kappa shape index (κ2) is 9.49. The van der Waals surface area contributed by atoms with E-state index in [1.807, 2.05) is 24.3 Å². The predicted octanol–water partition coefficient (Wildman–Crippen LogP) is 2.85. The highest BCUT2D eigenvalue weighted by Crippen LogP contribution is 2.14. The van der Waals surface area contributed by atoms with Crippen LogP contribution in [0.1, 0.15) is 35.1 Å². The smallest absolute Gasteiger partial charge is 0.0991 e. The maximum absolute atomic E-state index is 9.08.